The molecule has 0 unspecified atom stereocenters. The van der Waals surface area contributed by atoms with E-state index < -0.39 is 71.4 Å². The molecule has 0 amide bonds. The van der Waals surface area contributed by atoms with Crippen LogP contribution in [0.5, 0.6) is 0 Å². The van der Waals surface area contributed by atoms with E-state index in [1.165, 1.54) is 0 Å². The number of carboxylic acids is 1. The van der Waals surface area contributed by atoms with E-state index in [9.17, 15) is 111 Å². The molecule has 0 aliphatic carbocycles. The van der Waals surface area contributed by atoms with E-state index in [2.05, 4.69) is 0 Å². The second-order valence-electron chi connectivity index (χ2n) is 6.53. The van der Waals surface area contributed by atoms with Crippen LogP contribution in [0.2, 0.25) is 0 Å². The molecule has 0 aliphatic rings. The summed E-state index contributed by atoms with van der Waals surface area (Å²) in [7, 11) is 0. The van der Waals surface area contributed by atoms with Crippen molar-refractivity contribution >= 4 is 5.97 Å². The van der Waals surface area contributed by atoms with Crippen molar-refractivity contribution in [3.05, 3.63) is 0 Å². The van der Waals surface area contributed by atoms with Gasteiger partial charge in [-0.05, 0) is 0 Å². The first-order valence-electron chi connectivity index (χ1n) is 7.50. The predicted molar refractivity (Wildman–Crippen MR) is 60.5 cm³/mol. The number of rotatable bonds is 10. The van der Waals surface area contributed by atoms with Gasteiger partial charge in [0.1, 0.15) is 5.97 Å². The maximum absolute atomic E-state index is 13.3. The summed E-state index contributed by atoms with van der Waals surface area (Å²) in [5.41, 5.74) is 0. The van der Waals surface area contributed by atoms with Crippen molar-refractivity contribution in [1.82, 2.24) is 0 Å². The molecule has 0 saturated heterocycles. The zero-order chi connectivity index (χ0) is 31.1. The Bertz CT molecular complexity index is 885. The van der Waals surface area contributed by atoms with Crippen LogP contribution in [0.4, 0.5) is 101 Å². The van der Waals surface area contributed by atoms with E-state index in [0.717, 1.165) is 0 Å². The molecule has 0 N–H and O–H groups in total. The molecule has 38 heavy (non-hydrogen) atoms. The molecule has 0 aliphatic heterocycles. The van der Waals surface area contributed by atoms with Gasteiger partial charge in [-0.2, -0.15) is 101 Å². The quantitative estimate of drug-likeness (QED) is 0.279. The van der Waals surface area contributed by atoms with E-state index in [1.54, 1.807) is 0 Å². The summed E-state index contributed by atoms with van der Waals surface area (Å²) in [4.78, 5) is 9.74. The van der Waals surface area contributed by atoms with E-state index in [0.29, 0.717) is 0 Å². The first-order valence-corrected chi connectivity index (χ1v) is 7.50. The average Bonchev–Trinajstić information content (AvgIpc) is 2.65. The van der Waals surface area contributed by atoms with Gasteiger partial charge < -0.3 is 9.90 Å². The van der Waals surface area contributed by atoms with Crippen molar-refractivity contribution in [2.24, 2.45) is 0 Å². The van der Waals surface area contributed by atoms with Gasteiger partial charge in [0, 0.05) is 0 Å². The van der Waals surface area contributed by atoms with E-state index in [-0.39, 0.29) is 18.9 Å². The first kappa shape index (κ1) is 38.6. The summed E-state index contributed by atoms with van der Waals surface area (Å²) < 4.78 is 297. The SMILES string of the molecule is O=C([O-])C(F)(F)C(F)(F)C(F)(F)C(F)(F)C(F)(F)C(F)(F)C(F)(F)C(F)(F)C(F)(F)C(F)(F)C(F)(F)F.[Li+]. The predicted octanol–water partition coefficient (Wildman–Crippen LogP) is 2.66. The fraction of sp³-hybridized carbons (Fsp3) is 0.917. The van der Waals surface area contributed by atoms with Crippen LogP contribution >= 0.6 is 0 Å². The third-order valence-electron chi connectivity index (χ3n) is 4.16. The summed E-state index contributed by atoms with van der Waals surface area (Å²) >= 11 is 0. The van der Waals surface area contributed by atoms with Crippen LogP contribution in [-0.2, 0) is 4.79 Å². The largest absolute Gasteiger partial charge is 1.00 e. The van der Waals surface area contributed by atoms with Crippen LogP contribution in [0.1, 0.15) is 0 Å². The number of hydrogen-bond donors (Lipinski definition) is 0. The molecule has 0 aromatic heterocycles. The minimum absolute atomic E-state index is 0. The number of alkyl halides is 23. The Balaban J connectivity index is 0. The van der Waals surface area contributed by atoms with Gasteiger partial charge in [-0.25, -0.2) is 0 Å². The summed E-state index contributed by atoms with van der Waals surface area (Å²) in [6.07, 6.45) is -8.14. The van der Waals surface area contributed by atoms with E-state index in [4.69, 9.17) is 0 Å². The topological polar surface area (TPSA) is 40.1 Å². The zero-order valence-corrected chi connectivity index (χ0v) is 16.5. The number of hydrogen-bond acceptors (Lipinski definition) is 2. The Morgan fingerprint density at radius 3 is 0.658 bits per heavy atom. The van der Waals surface area contributed by atoms with Gasteiger partial charge in [0.2, 0.25) is 0 Å². The molecule has 0 aromatic carbocycles. The first-order chi connectivity index (χ1) is 15.4. The third kappa shape index (κ3) is 4.32. The molecular weight excluding hydrogens is 620 g/mol. The second-order valence-corrected chi connectivity index (χ2v) is 6.53. The molecule has 0 aromatic rings. The number of carbonyl (C=O) groups is 1. The second kappa shape index (κ2) is 9.25. The Kier molecular flexibility index (Phi) is 9.40. The van der Waals surface area contributed by atoms with E-state index >= 15 is 0 Å². The van der Waals surface area contributed by atoms with Gasteiger partial charge in [-0.3, -0.25) is 0 Å². The third-order valence-corrected chi connectivity index (χ3v) is 4.16. The van der Waals surface area contributed by atoms with Crippen molar-refractivity contribution in [2.75, 3.05) is 0 Å². The van der Waals surface area contributed by atoms with Gasteiger partial charge in [0.05, 0.1) is 0 Å². The van der Waals surface area contributed by atoms with Crippen LogP contribution in [0.3, 0.4) is 0 Å². The monoisotopic (exact) mass is 620 g/mol. The summed E-state index contributed by atoms with van der Waals surface area (Å²) in [6.45, 7) is 0. The zero-order valence-electron chi connectivity index (χ0n) is 16.5. The fourth-order valence-electron chi connectivity index (χ4n) is 1.88. The Morgan fingerprint density at radius 2 is 0.500 bits per heavy atom. The maximum atomic E-state index is 13.3. The molecule has 0 rings (SSSR count). The smallest absolute Gasteiger partial charge is 0.544 e. The van der Waals surface area contributed by atoms with Crippen molar-refractivity contribution in [2.45, 2.75) is 65.4 Å². The van der Waals surface area contributed by atoms with Gasteiger partial charge >= 0.3 is 84.3 Å². The number of carboxylic acid groups (broad SMARTS) is 1. The molecular formula is C12F23LiO2. The number of carbonyl (C=O) groups excluding carboxylic acids is 1. The normalized spacial score (nSPS) is 16.3. The van der Waals surface area contributed by atoms with Crippen molar-refractivity contribution in [1.29, 1.82) is 0 Å². The summed E-state index contributed by atoms with van der Waals surface area (Å²) in [5.74, 6) is -95.1. The van der Waals surface area contributed by atoms with Gasteiger partial charge in [0.15, 0.2) is 0 Å². The number of halogens is 23. The molecule has 0 atom stereocenters. The molecule has 2 nitrogen and oxygen atoms in total. The Labute approximate surface area is 202 Å². The number of aliphatic carboxylic acids is 1. The van der Waals surface area contributed by atoms with Gasteiger partial charge in [-0.1, -0.05) is 0 Å². The summed E-state index contributed by atoms with van der Waals surface area (Å²) in [6, 6.07) is 0. The summed E-state index contributed by atoms with van der Waals surface area (Å²) in [5, 5.41) is 9.74. The van der Waals surface area contributed by atoms with Gasteiger partial charge in [-0.15, -0.1) is 0 Å². The molecule has 0 radical (unpaired) electrons. The average molecular weight is 620 g/mol. The van der Waals surface area contributed by atoms with Crippen LogP contribution in [0.15, 0.2) is 0 Å². The molecule has 0 saturated carbocycles. The van der Waals surface area contributed by atoms with Crippen LogP contribution in [0, 0.1) is 0 Å². The Morgan fingerprint density at radius 1 is 0.342 bits per heavy atom. The van der Waals surface area contributed by atoms with Crippen LogP contribution < -0.4 is 24.0 Å². The van der Waals surface area contributed by atoms with Crippen molar-refractivity contribution in [3.63, 3.8) is 0 Å². The van der Waals surface area contributed by atoms with Crippen molar-refractivity contribution in [3.8, 4) is 0 Å². The standard InChI is InChI=1S/C12HF23O2.Li/c13-2(14,1(36)37)3(15,16)4(17,18)5(19,20)6(21,22)7(23,24)8(25,26)9(27,28)10(29,30)11(31,32)12(33,34)35;/h(H,36,37);/q;+1/p-1. The maximum Gasteiger partial charge on any atom is 1.00 e. The van der Waals surface area contributed by atoms with Gasteiger partial charge in [0.25, 0.3) is 0 Å². The Hall–Kier alpha value is -1.54. The minimum atomic E-state index is -9.52. The van der Waals surface area contributed by atoms with Crippen molar-refractivity contribution < 1.29 is 130 Å². The fourth-order valence-corrected chi connectivity index (χ4v) is 1.88. The molecule has 0 bridgehead atoms. The van der Waals surface area contributed by atoms with Crippen LogP contribution in [-0.4, -0.2) is 71.4 Å². The minimum Gasteiger partial charge on any atom is -0.544 e. The molecule has 0 heterocycles. The molecule has 0 spiro atoms. The molecule has 0 fully saturated rings. The van der Waals surface area contributed by atoms with Crippen LogP contribution in [0.25, 0.3) is 0 Å². The molecule has 222 valence electrons. The van der Waals surface area contributed by atoms with E-state index in [1.807, 2.05) is 0 Å². The molecule has 26 heteroatoms.